The van der Waals surface area contributed by atoms with Gasteiger partial charge in [-0.25, -0.2) is 0 Å². The molecule has 1 saturated carbocycles. The van der Waals surface area contributed by atoms with E-state index in [0.717, 1.165) is 6.04 Å². The molecule has 1 aromatic carbocycles. The number of benzene rings is 1. The van der Waals surface area contributed by atoms with Crippen molar-refractivity contribution in [1.29, 1.82) is 0 Å². The molecule has 1 aromatic rings. The van der Waals surface area contributed by atoms with Gasteiger partial charge in [-0.15, -0.1) is 0 Å². The zero-order chi connectivity index (χ0) is 11.6. The van der Waals surface area contributed by atoms with Gasteiger partial charge in [0, 0.05) is 6.04 Å². The van der Waals surface area contributed by atoms with Gasteiger partial charge >= 0.3 is 0 Å². The molecule has 1 aliphatic carbocycles. The van der Waals surface area contributed by atoms with Crippen molar-refractivity contribution in [2.75, 3.05) is 6.54 Å². The Morgan fingerprint density at radius 1 is 1.06 bits per heavy atom. The highest BCUT2D eigenvalue weighted by Crippen LogP contribution is 2.46. The molecule has 2 aliphatic rings. The average Bonchev–Trinajstić information content (AvgIpc) is 3.01. The Hall–Kier alpha value is -0.820. The Kier molecular flexibility index (Phi) is 3.19. The first-order valence-corrected chi connectivity index (χ1v) is 7.16. The fourth-order valence-electron chi connectivity index (χ4n) is 3.94. The van der Waals surface area contributed by atoms with Crippen LogP contribution in [0.25, 0.3) is 0 Å². The first-order chi connectivity index (χ1) is 8.39. The smallest absolute Gasteiger partial charge is 0.0127 e. The van der Waals surface area contributed by atoms with Crippen molar-refractivity contribution < 1.29 is 0 Å². The molecule has 0 bridgehead atoms. The van der Waals surface area contributed by atoms with Crippen LogP contribution in [0, 0.1) is 5.41 Å². The molecular formula is C16H23N. The first kappa shape index (κ1) is 11.3. The standard InChI is InChI=1S/C16H23N/c1-2-7-14(8-3-1)13-16(10-4-5-11-16)15-9-6-12-17-15/h1-3,7-8,15,17H,4-6,9-13H2. The van der Waals surface area contributed by atoms with E-state index in [1.165, 1.54) is 57.1 Å². The van der Waals surface area contributed by atoms with Gasteiger partial charge < -0.3 is 5.32 Å². The number of nitrogens with one attached hydrogen (secondary N) is 1. The molecule has 1 saturated heterocycles. The predicted octanol–water partition coefficient (Wildman–Crippen LogP) is 3.54. The Labute approximate surface area is 105 Å². The SMILES string of the molecule is c1ccc(CC2(C3CCCN3)CCCC2)cc1. The molecular weight excluding hydrogens is 206 g/mol. The van der Waals surface area contributed by atoms with Crippen molar-refractivity contribution in [1.82, 2.24) is 5.32 Å². The molecule has 0 amide bonds. The van der Waals surface area contributed by atoms with Gasteiger partial charge in [-0.2, -0.15) is 0 Å². The molecule has 17 heavy (non-hydrogen) atoms. The van der Waals surface area contributed by atoms with Crippen LogP contribution in [0.15, 0.2) is 30.3 Å². The van der Waals surface area contributed by atoms with Gasteiger partial charge in [-0.3, -0.25) is 0 Å². The largest absolute Gasteiger partial charge is 0.313 e. The second-order valence-corrected chi connectivity index (χ2v) is 5.88. The van der Waals surface area contributed by atoms with E-state index in [1.807, 2.05) is 0 Å². The normalized spacial score (nSPS) is 27.4. The summed E-state index contributed by atoms with van der Waals surface area (Å²) in [7, 11) is 0. The van der Waals surface area contributed by atoms with Crippen LogP contribution in [0.5, 0.6) is 0 Å². The lowest BCUT2D eigenvalue weighted by Gasteiger charge is -2.36. The van der Waals surface area contributed by atoms with Gasteiger partial charge in [0.15, 0.2) is 0 Å². The summed E-state index contributed by atoms with van der Waals surface area (Å²) in [6.07, 6.45) is 9.79. The van der Waals surface area contributed by atoms with Gasteiger partial charge in [0.05, 0.1) is 0 Å². The van der Waals surface area contributed by atoms with Crippen LogP contribution in [-0.2, 0) is 6.42 Å². The van der Waals surface area contributed by atoms with Crippen molar-refractivity contribution in [3.63, 3.8) is 0 Å². The number of hydrogen-bond donors (Lipinski definition) is 1. The Balaban J connectivity index is 1.80. The van der Waals surface area contributed by atoms with E-state index in [1.54, 1.807) is 0 Å². The molecule has 0 radical (unpaired) electrons. The minimum absolute atomic E-state index is 0.567. The maximum Gasteiger partial charge on any atom is 0.0127 e. The molecule has 1 nitrogen and oxygen atoms in total. The van der Waals surface area contributed by atoms with E-state index in [9.17, 15) is 0 Å². The third-order valence-corrected chi connectivity index (χ3v) is 4.80. The molecule has 0 spiro atoms. The van der Waals surface area contributed by atoms with Crippen LogP contribution in [0.2, 0.25) is 0 Å². The summed E-state index contributed by atoms with van der Waals surface area (Å²) in [4.78, 5) is 0. The van der Waals surface area contributed by atoms with Crippen molar-refractivity contribution in [2.24, 2.45) is 5.41 Å². The quantitative estimate of drug-likeness (QED) is 0.836. The van der Waals surface area contributed by atoms with Gasteiger partial charge in [-0.1, -0.05) is 43.2 Å². The lowest BCUT2D eigenvalue weighted by atomic mass is 9.73. The molecule has 1 N–H and O–H groups in total. The van der Waals surface area contributed by atoms with Gasteiger partial charge in [-0.05, 0) is 49.6 Å². The number of rotatable bonds is 3. The Morgan fingerprint density at radius 2 is 1.82 bits per heavy atom. The third-order valence-electron chi connectivity index (χ3n) is 4.80. The Bertz CT molecular complexity index is 345. The highest BCUT2D eigenvalue weighted by atomic mass is 15.0. The van der Waals surface area contributed by atoms with Crippen molar-refractivity contribution in [3.8, 4) is 0 Å². The topological polar surface area (TPSA) is 12.0 Å². The molecule has 2 fully saturated rings. The minimum atomic E-state index is 0.567. The third kappa shape index (κ3) is 2.26. The number of hydrogen-bond acceptors (Lipinski definition) is 1. The highest BCUT2D eigenvalue weighted by molar-refractivity contribution is 5.18. The molecule has 1 heterocycles. The summed E-state index contributed by atoms with van der Waals surface area (Å²) in [5, 5.41) is 3.76. The summed E-state index contributed by atoms with van der Waals surface area (Å²) in [5.41, 5.74) is 2.10. The lowest BCUT2D eigenvalue weighted by Crippen LogP contribution is -2.41. The van der Waals surface area contributed by atoms with Gasteiger partial charge in [0.2, 0.25) is 0 Å². The fourth-order valence-corrected chi connectivity index (χ4v) is 3.94. The zero-order valence-corrected chi connectivity index (χ0v) is 10.6. The molecule has 1 aliphatic heterocycles. The summed E-state index contributed by atoms with van der Waals surface area (Å²) in [6, 6.07) is 11.9. The minimum Gasteiger partial charge on any atom is -0.313 e. The van der Waals surface area contributed by atoms with Crippen molar-refractivity contribution in [2.45, 2.75) is 51.0 Å². The van der Waals surface area contributed by atoms with Crippen LogP contribution < -0.4 is 5.32 Å². The summed E-state index contributed by atoms with van der Waals surface area (Å²) >= 11 is 0. The average molecular weight is 229 g/mol. The second-order valence-electron chi connectivity index (χ2n) is 5.88. The summed E-state index contributed by atoms with van der Waals surface area (Å²) < 4.78 is 0. The summed E-state index contributed by atoms with van der Waals surface area (Å²) in [6.45, 7) is 1.24. The van der Waals surface area contributed by atoms with E-state index in [-0.39, 0.29) is 0 Å². The van der Waals surface area contributed by atoms with E-state index < -0.39 is 0 Å². The molecule has 0 aromatic heterocycles. The predicted molar refractivity (Wildman–Crippen MR) is 72.1 cm³/mol. The van der Waals surface area contributed by atoms with Crippen LogP contribution in [0.1, 0.15) is 44.1 Å². The first-order valence-electron chi connectivity index (χ1n) is 7.16. The van der Waals surface area contributed by atoms with E-state index in [2.05, 4.69) is 35.6 Å². The van der Waals surface area contributed by atoms with E-state index in [0.29, 0.717) is 5.41 Å². The van der Waals surface area contributed by atoms with Crippen LogP contribution >= 0.6 is 0 Å². The molecule has 3 rings (SSSR count). The lowest BCUT2D eigenvalue weighted by molar-refractivity contribution is 0.210. The van der Waals surface area contributed by atoms with E-state index >= 15 is 0 Å². The fraction of sp³-hybridized carbons (Fsp3) is 0.625. The second kappa shape index (κ2) is 4.81. The molecule has 1 unspecified atom stereocenters. The van der Waals surface area contributed by atoms with Crippen LogP contribution in [0.4, 0.5) is 0 Å². The van der Waals surface area contributed by atoms with Gasteiger partial charge in [0.1, 0.15) is 0 Å². The maximum atomic E-state index is 3.76. The van der Waals surface area contributed by atoms with Crippen LogP contribution in [-0.4, -0.2) is 12.6 Å². The highest BCUT2D eigenvalue weighted by Gasteiger charge is 2.41. The van der Waals surface area contributed by atoms with Crippen molar-refractivity contribution in [3.05, 3.63) is 35.9 Å². The zero-order valence-electron chi connectivity index (χ0n) is 10.6. The van der Waals surface area contributed by atoms with Crippen molar-refractivity contribution >= 4 is 0 Å². The monoisotopic (exact) mass is 229 g/mol. The summed E-state index contributed by atoms with van der Waals surface area (Å²) in [5.74, 6) is 0. The van der Waals surface area contributed by atoms with Crippen LogP contribution in [0.3, 0.4) is 0 Å². The molecule has 1 heteroatoms. The Morgan fingerprint density at radius 3 is 2.47 bits per heavy atom. The van der Waals surface area contributed by atoms with E-state index in [4.69, 9.17) is 0 Å². The molecule has 92 valence electrons. The molecule has 1 atom stereocenters. The van der Waals surface area contributed by atoms with Gasteiger partial charge in [0.25, 0.3) is 0 Å². The maximum absolute atomic E-state index is 3.76.